The van der Waals surface area contributed by atoms with Gasteiger partial charge in [0.05, 0.1) is 6.07 Å². The van der Waals surface area contributed by atoms with E-state index in [1.165, 1.54) is 6.07 Å². The van der Waals surface area contributed by atoms with Crippen molar-refractivity contribution in [2.75, 3.05) is 11.9 Å². The molecule has 0 aliphatic carbocycles. The molecule has 0 atom stereocenters. The zero-order valence-corrected chi connectivity index (χ0v) is 8.61. The Bertz CT molecular complexity index is 349. The van der Waals surface area contributed by atoms with Crippen molar-refractivity contribution in [2.45, 2.75) is 0 Å². The molecule has 7 heteroatoms. The number of nitrogens with one attached hydrogen (secondary N) is 1. The summed E-state index contributed by atoms with van der Waals surface area (Å²) < 4.78 is 4.68. The summed E-state index contributed by atoms with van der Waals surface area (Å²) in [5.41, 5.74) is 0. The van der Waals surface area contributed by atoms with E-state index in [1.54, 1.807) is 0 Å². The van der Waals surface area contributed by atoms with E-state index in [2.05, 4.69) is 25.7 Å². The molecular weight excluding hydrogens is 256 g/mol. The van der Waals surface area contributed by atoms with Crippen LogP contribution in [0.15, 0.2) is 16.5 Å². The quantitative estimate of drug-likeness (QED) is 0.504. The van der Waals surface area contributed by atoms with Crippen molar-refractivity contribution in [2.24, 2.45) is 0 Å². The van der Waals surface area contributed by atoms with Crippen molar-refractivity contribution in [3.05, 3.63) is 28.0 Å². The van der Waals surface area contributed by atoms with Gasteiger partial charge in [-0.1, -0.05) is 15.9 Å². The zero-order valence-electron chi connectivity index (χ0n) is 7.03. The molecule has 14 heavy (non-hydrogen) atoms. The van der Waals surface area contributed by atoms with E-state index in [0.717, 1.165) is 6.07 Å². The third kappa shape index (κ3) is 2.56. The summed E-state index contributed by atoms with van der Waals surface area (Å²) in [5, 5.41) is 13.3. The number of halogens is 1. The van der Waals surface area contributed by atoms with Crippen molar-refractivity contribution in [3.8, 4) is 0 Å². The van der Waals surface area contributed by atoms with Crippen LogP contribution in [0.4, 0.5) is 5.88 Å². The van der Waals surface area contributed by atoms with Crippen LogP contribution in [-0.4, -0.2) is 22.7 Å². The van der Waals surface area contributed by atoms with Gasteiger partial charge < -0.3 is 9.73 Å². The minimum Gasteiger partial charge on any atom is -0.395 e. The molecule has 0 spiro atoms. The molecule has 1 aromatic heterocycles. The molecule has 1 heterocycles. The molecule has 1 N–H and O–H groups in total. The number of carbonyl (C=O) groups excluding carboxylic acids is 1. The normalized spacial score (nSPS) is 9.79. The van der Waals surface area contributed by atoms with Crippen LogP contribution in [-0.2, 0) is 0 Å². The van der Waals surface area contributed by atoms with Crippen LogP contribution in [0.5, 0.6) is 0 Å². The fourth-order valence-corrected chi connectivity index (χ4v) is 0.994. The van der Waals surface area contributed by atoms with Gasteiger partial charge in [0.25, 0.3) is 5.91 Å². The van der Waals surface area contributed by atoms with Crippen LogP contribution in [0.2, 0.25) is 0 Å². The number of alkyl halides is 1. The Morgan fingerprint density at radius 1 is 1.64 bits per heavy atom. The molecule has 1 amide bonds. The third-order valence-electron chi connectivity index (χ3n) is 1.38. The number of hydrogen-bond donors (Lipinski definition) is 1. The predicted octanol–water partition coefficient (Wildman–Crippen LogP) is 1.31. The summed E-state index contributed by atoms with van der Waals surface area (Å²) in [6.07, 6.45) is 0. The average Bonchev–Trinajstić information content (AvgIpc) is 2.62. The summed E-state index contributed by atoms with van der Waals surface area (Å²) in [7, 11) is 0. The zero-order chi connectivity index (χ0) is 10.6. The van der Waals surface area contributed by atoms with Gasteiger partial charge in [-0.05, 0) is 6.07 Å². The van der Waals surface area contributed by atoms with Gasteiger partial charge in [-0.2, -0.15) is 0 Å². The van der Waals surface area contributed by atoms with Crippen LogP contribution in [0.1, 0.15) is 10.6 Å². The number of carbonyl (C=O) groups is 1. The second-order valence-corrected chi connectivity index (χ2v) is 3.13. The van der Waals surface area contributed by atoms with Crippen LogP contribution >= 0.6 is 15.9 Å². The van der Waals surface area contributed by atoms with E-state index in [-0.39, 0.29) is 5.76 Å². The second kappa shape index (κ2) is 4.75. The first-order valence-corrected chi connectivity index (χ1v) is 4.85. The molecule has 0 bridgehead atoms. The lowest BCUT2D eigenvalue weighted by atomic mass is 10.4. The molecule has 0 aliphatic heterocycles. The van der Waals surface area contributed by atoms with Crippen molar-refractivity contribution in [1.29, 1.82) is 0 Å². The summed E-state index contributed by atoms with van der Waals surface area (Å²) in [5.74, 6) is -0.954. The molecule has 1 aromatic rings. The van der Waals surface area contributed by atoms with Crippen LogP contribution in [0.3, 0.4) is 0 Å². The first-order chi connectivity index (χ1) is 6.65. The van der Waals surface area contributed by atoms with Crippen molar-refractivity contribution in [3.63, 3.8) is 0 Å². The summed E-state index contributed by atoms with van der Waals surface area (Å²) in [4.78, 5) is 20.7. The van der Waals surface area contributed by atoms with E-state index >= 15 is 0 Å². The fraction of sp³-hybridized carbons (Fsp3) is 0.286. The van der Waals surface area contributed by atoms with E-state index in [9.17, 15) is 14.9 Å². The van der Waals surface area contributed by atoms with E-state index in [0.29, 0.717) is 11.9 Å². The number of amides is 1. The third-order valence-corrected chi connectivity index (χ3v) is 1.77. The van der Waals surface area contributed by atoms with Crippen molar-refractivity contribution >= 4 is 27.7 Å². The monoisotopic (exact) mass is 262 g/mol. The Hall–Kier alpha value is -1.37. The van der Waals surface area contributed by atoms with Gasteiger partial charge in [-0.15, -0.1) is 0 Å². The Balaban J connectivity index is 2.66. The lowest BCUT2D eigenvalue weighted by Gasteiger charge is -1.97. The highest BCUT2D eigenvalue weighted by atomic mass is 79.9. The average molecular weight is 263 g/mol. The largest absolute Gasteiger partial charge is 0.433 e. The Labute approximate surface area is 87.6 Å². The standard InChI is InChI=1S/C7H7BrN2O4/c8-3-4-9-7(11)5-1-2-6(14-5)10(12)13/h1-2H,3-4H2,(H,9,11). The van der Waals surface area contributed by atoms with Crippen molar-refractivity contribution < 1.29 is 14.1 Å². The fourth-order valence-electron chi connectivity index (χ4n) is 0.796. The molecule has 76 valence electrons. The molecule has 0 radical (unpaired) electrons. The van der Waals surface area contributed by atoms with Gasteiger partial charge in [0.15, 0.2) is 5.76 Å². The highest BCUT2D eigenvalue weighted by Gasteiger charge is 2.16. The maximum absolute atomic E-state index is 11.2. The Morgan fingerprint density at radius 3 is 2.86 bits per heavy atom. The maximum atomic E-state index is 11.2. The summed E-state index contributed by atoms with van der Waals surface area (Å²) in [6.45, 7) is 0.438. The molecule has 0 aliphatic rings. The summed E-state index contributed by atoms with van der Waals surface area (Å²) >= 11 is 3.13. The van der Waals surface area contributed by atoms with Gasteiger partial charge in [-0.3, -0.25) is 14.9 Å². The number of nitro groups is 1. The predicted molar refractivity (Wildman–Crippen MR) is 51.5 cm³/mol. The molecule has 1 rings (SSSR count). The van der Waals surface area contributed by atoms with Gasteiger partial charge in [0, 0.05) is 11.9 Å². The van der Waals surface area contributed by atoms with Gasteiger partial charge in [0.2, 0.25) is 0 Å². The number of hydrogen-bond acceptors (Lipinski definition) is 4. The minimum atomic E-state index is -0.693. The van der Waals surface area contributed by atoms with Gasteiger partial charge in [-0.25, -0.2) is 0 Å². The van der Waals surface area contributed by atoms with E-state index in [1.807, 2.05) is 0 Å². The van der Waals surface area contributed by atoms with Crippen molar-refractivity contribution in [1.82, 2.24) is 5.32 Å². The smallest absolute Gasteiger partial charge is 0.395 e. The maximum Gasteiger partial charge on any atom is 0.433 e. The number of rotatable bonds is 4. The van der Waals surface area contributed by atoms with Crippen LogP contribution in [0, 0.1) is 10.1 Å². The molecule has 0 saturated carbocycles. The second-order valence-electron chi connectivity index (χ2n) is 2.34. The summed E-state index contributed by atoms with van der Waals surface area (Å²) in [6, 6.07) is 2.41. The van der Waals surface area contributed by atoms with Gasteiger partial charge in [0.1, 0.15) is 4.92 Å². The number of furan rings is 1. The molecule has 0 saturated heterocycles. The molecule has 0 aromatic carbocycles. The molecule has 6 nitrogen and oxygen atoms in total. The first kappa shape index (κ1) is 10.7. The minimum absolute atomic E-state index is 0.0577. The molecular formula is C7H7BrN2O4. The molecule has 0 fully saturated rings. The number of nitrogens with zero attached hydrogens (tertiary/aromatic N) is 1. The van der Waals surface area contributed by atoms with E-state index < -0.39 is 16.7 Å². The van der Waals surface area contributed by atoms with Gasteiger partial charge >= 0.3 is 5.88 Å². The van der Waals surface area contributed by atoms with Crippen LogP contribution in [0.25, 0.3) is 0 Å². The SMILES string of the molecule is O=C(NCCBr)c1ccc([N+](=O)[O-])o1. The molecule has 0 unspecified atom stereocenters. The first-order valence-electron chi connectivity index (χ1n) is 3.73. The highest BCUT2D eigenvalue weighted by molar-refractivity contribution is 9.09. The lowest BCUT2D eigenvalue weighted by Crippen LogP contribution is -2.24. The lowest BCUT2D eigenvalue weighted by molar-refractivity contribution is -0.402. The Kier molecular flexibility index (Phi) is 3.63. The topological polar surface area (TPSA) is 85.4 Å². The highest BCUT2D eigenvalue weighted by Crippen LogP contribution is 2.15. The Morgan fingerprint density at radius 2 is 2.36 bits per heavy atom. The van der Waals surface area contributed by atoms with Crippen LogP contribution < -0.4 is 5.32 Å². The van der Waals surface area contributed by atoms with E-state index in [4.69, 9.17) is 0 Å².